The highest BCUT2D eigenvalue weighted by atomic mass is 16.5. The first-order valence-electron chi connectivity index (χ1n) is 8.32. The number of nitrogens with one attached hydrogen (secondary N) is 1. The molecule has 2 aromatic heterocycles. The molecule has 1 N–H and O–H groups in total. The van der Waals surface area contributed by atoms with E-state index in [4.69, 9.17) is 4.74 Å². The smallest absolute Gasteiger partial charge is 0.274 e. The fourth-order valence-corrected chi connectivity index (χ4v) is 2.21. The van der Waals surface area contributed by atoms with Crippen LogP contribution in [0.3, 0.4) is 0 Å². The number of methoxy groups -OCH3 is 1. The van der Waals surface area contributed by atoms with E-state index in [0.717, 1.165) is 11.3 Å². The van der Waals surface area contributed by atoms with Gasteiger partial charge in [0.1, 0.15) is 5.69 Å². The number of aryl methyl sites for hydroxylation is 1. The number of aromatic nitrogens is 3. The average Bonchev–Trinajstić information content (AvgIpc) is 2.67. The van der Waals surface area contributed by atoms with Crippen molar-refractivity contribution in [2.45, 2.75) is 19.9 Å². The minimum atomic E-state index is -0.267. The van der Waals surface area contributed by atoms with Crippen molar-refractivity contribution in [2.24, 2.45) is 0 Å². The van der Waals surface area contributed by atoms with Crippen LogP contribution in [0.15, 0.2) is 36.9 Å². The summed E-state index contributed by atoms with van der Waals surface area (Å²) in [4.78, 5) is 38.3. The van der Waals surface area contributed by atoms with E-state index in [0.29, 0.717) is 19.7 Å². The van der Waals surface area contributed by atoms with Crippen molar-refractivity contribution in [3.05, 3.63) is 53.9 Å². The van der Waals surface area contributed by atoms with Gasteiger partial charge in [0.05, 0.1) is 18.5 Å². The Morgan fingerprint density at radius 2 is 1.92 bits per heavy atom. The molecular formula is C18H23N5O3. The number of carbonyl (C=O) groups is 2. The molecule has 2 heterocycles. The van der Waals surface area contributed by atoms with Crippen molar-refractivity contribution in [2.75, 3.05) is 26.8 Å². The Bertz CT molecular complexity index is 707. The Labute approximate surface area is 152 Å². The maximum absolute atomic E-state index is 12.6. The SMILES string of the molecule is COCCN(CCC(=O)NCc1ccncc1)C(=O)c1cnc(C)cn1. The predicted octanol–water partition coefficient (Wildman–Crippen LogP) is 0.975. The summed E-state index contributed by atoms with van der Waals surface area (Å²) in [6.07, 6.45) is 6.54. The van der Waals surface area contributed by atoms with Crippen molar-refractivity contribution in [3.8, 4) is 0 Å². The third-order valence-corrected chi connectivity index (χ3v) is 3.70. The standard InChI is InChI=1S/C18H23N5O3/c1-14-11-21-16(13-20-14)18(25)23(9-10-26-2)8-5-17(24)22-12-15-3-6-19-7-4-15/h3-4,6-7,11,13H,5,8-10,12H2,1-2H3,(H,22,24). The Morgan fingerprint density at radius 1 is 1.15 bits per heavy atom. The topological polar surface area (TPSA) is 97.3 Å². The highest BCUT2D eigenvalue weighted by molar-refractivity contribution is 5.92. The molecular weight excluding hydrogens is 334 g/mol. The maximum Gasteiger partial charge on any atom is 0.274 e. The van der Waals surface area contributed by atoms with Gasteiger partial charge >= 0.3 is 0 Å². The normalized spacial score (nSPS) is 10.4. The van der Waals surface area contributed by atoms with E-state index >= 15 is 0 Å². The van der Waals surface area contributed by atoms with Crippen molar-refractivity contribution in [1.29, 1.82) is 0 Å². The second-order valence-electron chi connectivity index (χ2n) is 5.71. The van der Waals surface area contributed by atoms with Crippen LogP contribution in [0, 0.1) is 6.92 Å². The van der Waals surface area contributed by atoms with Crippen molar-refractivity contribution in [1.82, 2.24) is 25.2 Å². The minimum absolute atomic E-state index is 0.132. The Kier molecular flexibility index (Phi) is 7.63. The van der Waals surface area contributed by atoms with Gasteiger partial charge in [0, 0.05) is 51.8 Å². The lowest BCUT2D eigenvalue weighted by Gasteiger charge is -2.21. The molecule has 0 saturated heterocycles. The van der Waals surface area contributed by atoms with Crippen LogP contribution in [-0.2, 0) is 16.1 Å². The first-order chi connectivity index (χ1) is 12.6. The van der Waals surface area contributed by atoms with Gasteiger partial charge in [0.25, 0.3) is 5.91 Å². The summed E-state index contributed by atoms with van der Waals surface area (Å²) >= 11 is 0. The Balaban J connectivity index is 1.89. The van der Waals surface area contributed by atoms with Gasteiger partial charge in [0.15, 0.2) is 0 Å². The molecule has 138 valence electrons. The van der Waals surface area contributed by atoms with Crippen LogP contribution in [0.1, 0.15) is 28.2 Å². The highest BCUT2D eigenvalue weighted by Crippen LogP contribution is 2.03. The van der Waals surface area contributed by atoms with Crippen LogP contribution in [0.25, 0.3) is 0 Å². The molecule has 0 radical (unpaired) electrons. The van der Waals surface area contributed by atoms with Crippen molar-refractivity contribution < 1.29 is 14.3 Å². The molecule has 0 fully saturated rings. The first kappa shape index (κ1) is 19.5. The second kappa shape index (κ2) is 10.2. The third-order valence-electron chi connectivity index (χ3n) is 3.70. The molecule has 8 nitrogen and oxygen atoms in total. The Hall–Kier alpha value is -2.87. The zero-order valence-electron chi connectivity index (χ0n) is 15.0. The number of hydrogen-bond acceptors (Lipinski definition) is 6. The number of nitrogens with zero attached hydrogens (tertiary/aromatic N) is 4. The number of hydrogen-bond donors (Lipinski definition) is 1. The average molecular weight is 357 g/mol. The summed E-state index contributed by atoms with van der Waals surface area (Å²) in [5.74, 6) is -0.400. The lowest BCUT2D eigenvalue weighted by atomic mass is 10.2. The van der Waals surface area contributed by atoms with Crippen molar-refractivity contribution >= 4 is 11.8 Å². The molecule has 2 aromatic rings. The molecule has 0 spiro atoms. The van der Waals surface area contributed by atoms with Crippen LogP contribution in [0.5, 0.6) is 0 Å². The van der Waals surface area contributed by atoms with E-state index in [2.05, 4.69) is 20.3 Å². The van der Waals surface area contributed by atoms with E-state index in [1.54, 1.807) is 37.5 Å². The van der Waals surface area contributed by atoms with Gasteiger partial charge in [-0.15, -0.1) is 0 Å². The molecule has 0 bridgehead atoms. The predicted molar refractivity (Wildman–Crippen MR) is 95.2 cm³/mol. The molecule has 8 heteroatoms. The van der Waals surface area contributed by atoms with Crippen molar-refractivity contribution in [3.63, 3.8) is 0 Å². The zero-order valence-corrected chi connectivity index (χ0v) is 15.0. The molecule has 26 heavy (non-hydrogen) atoms. The molecule has 0 aliphatic rings. The quantitative estimate of drug-likeness (QED) is 0.718. The Morgan fingerprint density at radius 3 is 2.58 bits per heavy atom. The second-order valence-corrected chi connectivity index (χ2v) is 5.71. The monoisotopic (exact) mass is 357 g/mol. The van der Waals surface area contributed by atoms with Gasteiger partial charge < -0.3 is 15.0 Å². The summed E-state index contributed by atoms with van der Waals surface area (Å²) < 4.78 is 5.05. The molecule has 0 unspecified atom stereocenters. The van der Waals surface area contributed by atoms with E-state index in [1.807, 2.05) is 12.1 Å². The maximum atomic E-state index is 12.6. The number of amides is 2. The van der Waals surface area contributed by atoms with E-state index in [-0.39, 0.29) is 30.5 Å². The summed E-state index contributed by atoms with van der Waals surface area (Å²) in [6.45, 7) is 3.26. The van der Waals surface area contributed by atoms with E-state index < -0.39 is 0 Å². The van der Waals surface area contributed by atoms with Crippen LogP contribution in [-0.4, -0.2) is 58.5 Å². The number of ether oxygens (including phenoxy) is 1. The fourth-order valence-electron chi connectivity index (χ4n) is 2.21. The molecule has 0 aliphatic carbocycles. The van der Waals surface area contributed by atoms with Gasteiger partial charge in [-0.1, -0.05) is 0 Å². The van der Waals surface area contributed by atoms with Gasteiger partial charge in [-0.2, -0.15) is 0 Å². The summed E-state index contributed by atoms with van der Waals surface area (Å²) in [6, 6.07) is 3.68. The highest BCUT2D eigenvalue weighted by Gasteiger charge is 2.18. The lowest BCUT2D eigenvalue weighted by Crippen LogP contribution is -2.37. The largest absolute Gasteiger partial charge is 0.383 e. The summed E-state index contributed by atoms with van der Waals surface area (Å²) in [5, 5.41) is 2.83. The summed E-state index contributed by atoms with van der Waals surface area (Å²) in [7, 11) is 1.57. The molecule has 2 amide bonds. The van der Waals surface area contributed by atoms with Crippen LogP contribution >= 0.6 is 0 Å². The first-order valence-corrected chi connectivity index (χ1v) is 8.32. The van der Waals surface area contributed by atoms with Crippen LogP contribution < -0.4 is 5.32 Å². The molecule has 0 aromatic carbocycles. The van der Waals surface area contributed by atoms with Gasteiger partial charge in [-0.05, 0) is 24.6 Å². The molecule has 2 rings (SSSR count). The number of pyridine rings is 1. The lowest BCUT2D eigenvalue weighted by molar-refractivity contribution is -0.121. The molecule has 0 atom stereocenters. The van der Waals surface area contributed by atoms with Crippen LogP contribution in [0.2, 0.25) is 0 Å². The zero-order chi connectivity index (χ0) is 18.8. The fraction of sp³-hybridized carbons (Fsp3) is 0.389. The summed E-state index contributed by atoms with van der Waals surface area (Å²) in [5.41, 5.74) is 1.96. The van der Waals surface area contributed by atoms with E-state index in [1.165, 1.54) is 6.20 Å². The van der Waals surface area contributed by atoms with Gasteiger partial charge in [-0.25, -0.2) is 4.98 Å². The minimum Gasteiger partial charge on any atom is -0.383 e. The van der Waals surface area contributed by atoms with Crippen LogP contribution in [0.4, 0.5) is 0 Å². The molecule has 0 aliphatic heterocycles. The third kappa shape index (κ3) is 6.21. The molecule has 0 saturated carbocycles. The van der Waals surface area contributed by atoms with Gasteiger partial charge in [-0.3, -0.25) is 19.6 Å². The number of rotatable bonds is 9. The van der Waals surface area contributed by atoms with Gasteiger partial charge in [0.2, 0.25) is 5.91 Å². The number of carbonyl (C=O) groups excluding carboxylic acids is 2. The van der Waals surface area contributed by atoms with E-state index in [9.17, 15) is 9.59 Å².